The van der Waals surface area contributed by atoms with Gasteiger partial charge in [-0.15, -0.1) is 0 Å². The lowest BCUT2D eigenvalue weighted by Gasteiger charge is -2.10. The van der Waals surface area contributed by atoms with Crippen molar-refractivity contribution in [1.82, 2.24) is 5.32 Å². The van der Waals surface area contributed by atoms with Crippen molar-refractivity contribution in [3.8, 4) is 0 Å². The highest BCUT2D eigenvalue weighted by molar-refractivity contribution is 6.06. The Morgan fingerprint density at radius 1 is 1.20 bits per heavy atom. The highest BCUT2D eigenvalue weighted by Gasteiger charge is 2.14. The number of rotatable bonds is 3. The fraction of sp³-hybridized carbons (Fsp3) is 0.273. The number of nitrogens with one attached hydrogen (secondary N) is 1. The first-order chi connectivity index (χ1) is 7.02. The molecular formula is C11H14N2O2. The van der Waals surface area contributed by atoms with E-state index in [1.54, 1.807) is 18.2 Å². The lowest BCUT2D eigenvalue weighted by atomic mass is 10.1. The minimum absolute atomic E-state index is 0.0263. The van der Waals surface area contributed by atoms with Crippen molar-refractivity contribution in [2.45, 2.75) is 19.9 Å². The maximum Gasteiger partial charge on any atom is 0.252 e. The van der Waals surface area contributed by atoms with Gasteiger partial charge in [-0.1, -0.05) is 12.1 Å². The second kappa shape index (κ2) is 4.59. The Hall–Kier alpha value is -1.84. The summed E-state index contributed by atoms with van der Waals surface area (Å²) in [6, 6.07) is 6.52. The van der Waals surface area contributed by atoms with Crippen molar-refractivity contribution in [2.75, 3.05) is 0 Å². The van der Waals surface area contributed by atoms with Crippen LogP contribution in [0.3, 0.4) is 0 Å². The third kappa shape index (κ3) is 2.80. The third-order valence-corrected chi connectivity index (χ3v) is 1.86. The van der Waals surface area contributed by atoms with Crippen LogP contribution in [-0.2, 0) is 0 Å². The van der Waals surface area contributed by atoms with E-state index in [2.05, 4.69) is 5.32 Å². The smallest absolute Gasteiger partial charge is 0.252 e. The molecule has 1 rings (SSSR count). The lowest BCUT2D eigenvalue weighted by molar-refractivity contribution is 0.0927. The number of benzene rings is 1. The topological polar surface area (TPSA) is 72.2 Å². The van der Waals surface area contributed by atoms with Crippen LogP contribution in [0.1, 0.15) is 34.6 Å². The molecule has 15 heavy (non-hydrogen) atoms. The van der Waals surface area contributed by atoms with E-state index < -0.39 is 5.91 Å². The van der Waals surface area contributed by atoms with E-state index in [-0.39, 0.29) is 17.5 Å². The molecule has 0 spiro atoms. The number of nitrogens with two attached hydrogens (primary N) is 1. The molecule has 0 aliphatic heterocycles. The molecule has 1 aromatic rings. The number of carbonyl (C=O) groups excluding carboxylic acids is 2. The van der Waals surface area contributed by atoms with Crippen LogP contribution < -0.4 is 11.1 Å². The highest BCUT2D eigenvalue weighted by atomic mass is 16.2. The molecule has 0 saturated carbocycles. The molecule has 0 aliphatic rings. The van der Waals surface area contributed by atoms with Gasteiger partial charge in [0.25, 0.3) is 5.91 Å². The lowest BCUT2D eigenvalue weighted by Crippen LogP contribution is -2.32. The molecule has 80 valence electrons. The van der Waals surface area contributed by atoms with E-state index in [9.17, 15) is 9.59 Å². The summed E-state index contributed by atoms with van der Waals surface area (Å²) in [6.07, 6.45) is 0. The summed E-state index contributed by atoms with van der Waals surface area (Å²) in [5, 5.41) is 2.71. The van der Waals surface area contributed by atoms with Gasteiger partial charge in [0.1, 0.15) is 0 Å². The number of hydrogen-bond donors (Lipinski definition) is 2. The maximum atomic E-state index is 11.7. The quantitative estimate of drug-likeness (QED) is 0.772. The maximum absolute atomic E-state index is 11.7. The van der Waals surface area contributed by atoms with Gasteiger partial charge in [-0.05, 0) is 26.0 Å². The summed E-state index contributed by atoms with van der Waals surface area (Å²) in [7, 11) is 0. The molecule has 4 heteroatoms. The van der Waals surface area contributed by atoms with Crippen molar-refractivity contribution in [3.63, 3.8) is 0 Å². The zero-order chi connectivity index (χ0) is 11.4. The minimum Gasteiger partial charge on any atom is -0.366 e. The van der Waals surface area contributed by atoms with Gasteiger partial charge in [0, 0.05) is 6.04 Å². The Kier molecular flexibility index (Phi) is 3.44. The van der Waals surface area contributed by atoms with Crippen LogP contribution >= 0.6 is 0 Å². The average Bonchev–Trinajstić information content (AvgIpc) is 2.16. The predicted octanol–water partition coefficient (Wildman–Crippen LogP) is 0.924. The van der Waals surface area contributed by atoms with Gasteiger partial charge < -0.3 is 11.1 Å². The minimum atomic E-state index is -0.593. The Morgan fingerprint density at radius 3 is 2.20 bits per heavy atom. The second-order valence-corrected chi connectivity index (χ2v) is 3.54. The van der Waals surface area contributed by atoms with E-state index in [1.807, 2.05) is 13.8 Å². The zero-order valence-electron chi connectivity index (χ0n) is 8.78. The van der Waals surface area contributed by atoms with Gasteiger partial charge in [0.2, 0.25) is 5.91 Å². The van der Waals surface area contributed by atoms with Crippen molar-refractivity contribution < 1.29 is 9.59 Å². The summed E-state index contributed by atoms with van der Waals surface area (Å²) < 4.78 is 0. The summed E-state index contributed by atoms with van der Waals surface area (Å²) in [4.78, 5) is 22.7. The molecule has 3 N–H and O–H groups in total. The van der Waals surface area contributed by atoms with Crippen LogP contribution in [0, 0.1) is 0 Å². The van der Waals surface area contributed by atoms with E-state index in [1.165, 1.54) is 6.07 Å². The third-order valence-electron chi connectivity index (χ3n) is 1.86. The van der Waals surface area contributed by atoms with Crippen LogP contribution in [0.25, 0.3) is 0 Å². The number of primary amides is 1. The molecule has 0 heterocycles. The van der Waals surface area contributed by atoms with Crippen LogP contribution in [0.4, 0.5) is 0 Å². The monoisotopic (exact) mass is 206 g/mol. The molecule has 0 radical (unpaired) electrons. The standard InChI is InChI=1S/C11H14N2O2/c1-7(2)13-11(15)9-6-4-3-5-8(9)10(12)14/h3-7H,1-2H3,(H2,12,14)(H,13,15). The molecule has 0 atom stereocenters. The molecule has 0 aromatic heterocycles. The molecule has 0 aliphatic carbocycles. The first-order valence-electron chi connectivity index (χ1n) is 4.72. The molecular weight excluding hydrogens is 192 g/mol. The van der Waals surface area contributed by atoms with E-state index in [0.717, 1.165) is 0 Å². The molecule has 0 saturated heterocycles. The first kappa shape index (κ1) is 11.2. The van der Waals surface area contributed by atoms with Crippen molar-refractivity contribution in [2.24, 2.45) is 5.73 Å². The van der Waals surface area contributed by atoms with Gasteiger partial charge >= 0.3 is 0 Å². The van der Waals surface area contributed by atoms with Crippen LogP contribution in [0.5, 0.6) is 0 Å². The highest BCUT2D eigenvalue weighted by Crippen LogP contribution is 2.07. The number of carbonyl (C=O) groups is 2. The summed E-state index contributed by atoms with van der Waals surface area (Å²) >= 11 is 0. The number of hydrogen-bond acceptors (Lipinski definition) is 2. The van der Waals surface area contributed by atoms with Crippen molar-refractivity contribution in [1.29, 1.82) is 0 Å². The molecule has 0 fully saturated rings. The van der Waals surface area contributed by atoms with E-state index >= 15 is 0 Å². The molecule has 2 amide bonds. The summed E-state index contributed by atoms with van der Waals surface area (Å²) in [6.45, 7) is 3.70. The first-order valence-corrected chi connectivity index (χ1v) is 4.72. The zero-order valence-corrected chi connectivity index (χ0v) is 8.78. The molecule has 0 bridgehead atoms. The van der Waals surface area contributed by atoms with Crippen LogP contribution in [0.15, 0.2) is 24.3 Å². The van der Waals surface area contributed by atoms with Crippen LogP contribution in [-0.4, -0.2) is 17.9 Å². The van der Waals surface area contributed by atoms with Crippen molar-refractivity contribution in [3.05, 3.63) is 35.4 Å². The Balaban J connectivity index is 3.03. The Morgan fingerprint density at radius 2 is 1.73 bits per heavy atom. The normalized spacial score (nSPS) is 10.1. The van der Waals surface area contributed by atoms with E-state index in [4.69, 9.17) is 5.73 Å². The molecule has 4 nitrogen and oxygen atoms in total. The van der Waals surface area contributed by atoms with Gasteiger partial charge in [-0.3, -0.25) is 9.59 Å². The predicted molar refractivity (Wildman–Crippen MR) is 57.6 cm³/mol. The van der Waals surface area contributed by atoms with Gasteiger partial charge in [-0.2, -0.15) is 0 Å². The summed E-state index contributed by atoms with van der Waals surface area (Å²) in [5.74, 6) is -0.871. The van der Waals surface area contributed by atoms with E-state index in [0.29, 0.717) is 5.56 Å². The fourth-order valence-electron chi connectivity index (χ4n) is 1.24. The molecule has 0 unspecified atom stereocenters. The van der Waals surface area contributed by atoms with Crippen LogP contribution in [0.2, 0.25) is 0 Å². The van der Waals surface area contributed by atoms with Crippen molar-refractivity contribution >= 4 is 11.8 Å². The SMILES string of the molecule is CC(C)NC(=O)c1ccccc1C(N)=O. The fourth-order valence-corrected chi connectivity index (χ4v) is 1.24. The summed E-state index contributed by atoms with van der Waals surface area (Å²) in [5.41, 5.74) is 5.73. The van der Waals surface area contributed by atoms with Gasteiger partial charge in [0.15, 0.2) is 0 Å². The molecule has 1 aromatic carbocycles. The van der Waals surface area contributed by atoms with Gasteiger partial charge in [-0.25, -0.2) is 0 Å². The Bertz CT molecular complexity index is 386. The van der Waals surface area contributed by atoms with Gasteiger partial charge in [0.05, 0.1) is 11.1 Å². The largest absolute Gasteiger partial charge is 0.366 e. The second-order valence-electron chi connectivity index (χ2n) is 3.54. The number of amides is 2. The average molecular weight is 206 g/mol. The Labute approximate surface area is 88.5 Å².